The van der Waals surface area contributed by atoms with E-state index >= 15 is 0 Å². The third-order valence-corrected chi connectivity index (χ3v) is 2.78. The van der Waals surface area contributed by atoms with Crippen molar-refractivity contribution in [3.05, 3.63) is 0 Å². The van der Waals surface area contributed by atoms with Crippen molar-refractivity contribution in [2.45, 2.75) is 33.4 Å². The number of aliphatic carboxylic acids is 1. The van der Waals surface area contributed by atoms with E-state index < -0.39 is 36.4 Å². The van der Waals surface area contributed by atoms with Crippen LogP contribution in [0.5, 0.6) is 0 Å². The fourth-order valence-corrected chi connectivity index (χ4v) is 1.12. The Kier molecular flexibility index (Phi) is 4.97. The molecule has 1 atom stereocenters. The number of nitrogens with one attached hydrogen (secondary N) is 1. The van der Waals surface area contributed by atoms with Crippen LogP contribution in [-0.2, 0) is 9.59 Å². The molecule has 0 aromatic heterocycles. The van der Waals surface area contributed by atoms with E-state index in [2.05, 4.69) is 0 Å². The van der Waals surface area contributed by atoms with Gasteiger partial charge < -0.3 is 10.4 Å². The molecule has 0 radical (unpaired) electrons. The van der Waals surface area contributed by atoms with Crippen LogP contribution in [0.1, 0.15) is 27.2 Å². The molecule has 0 bridgehead atoms. The molecule has 2 N–H and O–H groups in total. The first-order chi connectivity index (χ1) is 7.49. The monoisotopic (exact) mass is 255 g/mol. The highest BCUT2D eigenvalue weighted by molar-refractivity contribution is 5.84. The molecule has 17 heavy (non-hydrogen) atoms. The summed E-state index contributed by atoms with van der Waals surface area (Å²) in [5.74, 6) is -2.48. The lowest BCUT2D eigenvalue weighted by Crippen LogP contribution is -2.41. The van der Waals surface area contributed by atoms with Gasteiger partial charge in [0, 0.05) is 6.42 Å². The van der Waals surface area contributed by atoms with E-state index in [-0.39, 0.29) is 5.92 Å². The molecule has 0 aliphatic rings. The lowest BCUT2D eigenvalue weighted by atomic mass is 9.76. The van der Waals surface area contributed by atoms with Gasteiger partial charge in [0.15, 0.2) is 0 Å². The first-order valence-electron chi connectivity index (χ1n) is 5.06. The number of alkyl halides is 3. The van der Waals surface area contributed by atoms with Crippen molar-refractivity contribution >= 4 is 11.9 Å². The average molecular weight is 255 g/mol. The number of carbonyl (C=O) groups is 2. The highest BCUT2D eigenvalue weighted by Gasteiger charge is 2.39. The Balaban J connectivity index is 4.49. The van der Waals surface area contributed by atoms with Gasteiger partial charge >= 0.3 is 12.1 Å². The largest absolute Gasteiger partial charge is 0.481 e. The first-order valence-corrected chi connectivity index (χ1v) is 5.06. The van der Waals surface area contributed by atoms with E-state index in [0.29, 0.717) is 0 Å². The summed E-state index contributed by atoms with van der Waals surface area (Å²) in [5.41, 5.74) is -1.37. The van der Waals surface area contributed by atoms with Gasteiger partial charge in [0.25, 0.3) is 0 Å². The highest BCUT2D eigenvalue weighted by Crippen LogP contribution is 2.31. The average Bonchev–Trinajstić information content (AvgIpc) is 2.12. The van der Waals surface area contributed by atoms with Crippen LogP contribution < -0.4 is 5.32 Å². The third-order valence-electron chi connectivity index (χ3n) is 2.78. The van der Waals surface area contributed by atoms with Gasteiger partial charge in [-0.2, -0.15) is 13.2 Å². The quantitative estimate of drug-likeness (QED) is 0.787. The summed E-state index contributed by atoms with van der Waals surface area (Å²) in [7, 11) is 0. The predicted molar refractivity (Wildman–Crippen MR) is 54.3 cm³/mol. The molecule has 4 nitrogen and oxygen atoms in total. The van der Waals surface area contributed by atoms with Crippen LogP contribution in [-0.4, -0.2) is 29.7 Å². The van der Waals surface area contributed by atoms with E-state index in [1.807, 2.05) is 0 Å². The van der Waals surface area contributed by atoms with E-state index in [1.165, 1.54) is 6.92 Å². The number of hydrogen-bond acceptors (Lipinski definition) is 2. The summed E-state index contributed by atoms with van der Waals surface area (Å²) in [6.07, 6.45) is -4.97. The Morgan fingerprint density at radius 1 is 1.29 bits per heavy atom. The molecule has 7 heteroatoms. The molecular formula is C10H16F3NO3. The summed E-state index contributed by atoms with van der Waals surface area (Å²) >= 11 is 0. The molecule has 1 amide bonds. The number of rotatable bonds is 5. The fourth-order valence-electron chi connectivity index (χ4n) is 1.12. The van der Waals surface area contributed by atoms with E-state index in [0.717, 1.165) is 0 Å². The molecule has 0 rings (SSSR count). The molecule has 1 unspecified atom stereocenters. The standard InChI is InChI=1S/C10H16F3NO3/c1-6(2)9(3,8(16)17)4-7(15)14-5-10(11,12)13/h6H,4-5H2,1-3H3,(H,14,15)(H,16,17). The SMILES string of the molecule is CC(C)C(C)(CC(=O)NCC(F)(F)F)C(=O)O. The van der Waals surface area contributed by atoms with Crippen molar-refractivity contribution < 1.29 is 27.9 Å². The summed E-state index contributed by atoms with van der Waals surface area (Å²) in [5, 5.41) is 10.6. The minimum atomic E-state index is -4.49. The van der Waals surface area contributed by atoms with Crippen molar-refractivity contribution in [3.8, 4) is 0 Å². The summed E-state index contributed by atoms with van der Waals surface area (Å²) in [4.78, 5) is 22.2. The first kappa shape index (κ1) is 15.7. The molecule has 0 aliphatic heterocycles. The molecule has 0 saturated heterocycles. The molecule has 0 fully saturated rings. The van der Waals surface area contributed by atoms with Gasteiger partial charge in [0.05, 0.1) is 5.41 Å². The van der Waals surface area contributed by atoms with Gasteiger partial charge in [-0.15, -0.1) is 0 Å². The highest BCUT2D eigenvalue weighted by atomic mass is 19.4. The van der Waals surface area contributed by atoms with Gasteiger partial charge in [0.2, 0.25) is 5.91 Å². The van der Waals surface area contributed by atoms with Crippen molar-refractivity contribution in [1.82, 2.24) is 5.32 Å². The smallest absolute Gasteiger partial charge is 0.405 e. The molecule has 0 aromatic rings. The Labute approximate surface area is 97.2 Å². The number of amides is 1. The van der Waals surface area contributed by atoms with Crippen LogP contribution in [0, 0.1) is 11.3 Å². The van der Waals surface area contributed by atoms with Gasteiger partial charge in [-0.3, -0.25) is 9.59 Å². The van der Waals surface area contributed by atoms with Crippen molar-refractivity contribution in [3.63, 3.8) is 0 Å². The Hall–Kier alpha value is -1.27. The van der Waals surface area contributed by atoms with E-state index in [9.17, 15) is 22.8 Å². The van der Waals surface area contributed by atoms with Gasteiger partial charge in [-0.25, -0.2) is 0 Å². The minimum absolute atomic E-state index is 0.364. The zero-order valence-electron chi connectivity index (χ0n) is 9.89. The van der Waals surface area contributed by atoms with Crippen LogP contribution in [0.2, 0.25) is 0 Å². The number of carbonyl (C=O) groups excluding carboxylic acids is 1. The third kappa shape index (κ3) is 5.06. The summed E-state index contributed by atoms with van der Waals surface area (Å²) in [6.45, 7) is 3.10. The normalized spacial score (nSPS) is 15.5. The Morgan fingerprint density at radius 2 is 1.76 bits per heavy atom. The lowest BCUT2D eigenvalue weighted by molar-refractivity contribution is -0.154. The molecular weight excluding hydrogens is 239 g/mol. The van der Waals surface area contributed by atoms with E-state index in [1.54, 1.807) is 19.2 Å². The van der Waals surface area contributed by atoms with Gasteiger partial charge in [0.1, 0.15) is 6.54 Å². The molecule has 0 aliphatic carbocycles. The minimum Gasteiger partial charge on any atom is -0.481 e. The van der Waals surface area contributed by atoms with Crippen LogP contribution in [0.4, 0.5) is 13.2 Å². The maximum absolute atomic E-state index is 11.8. The lowest BCUT2D eigenvalue weighted by Gasteiger charge is -2.28. The summed E-state index contributed by atoms with van der Waals surface area (Å²) in [6, 6.07) is 0. The zero-order chi connectivity index (χ0) is 13.9. The second-order valence-electron chi connectivity index (χ2n) is 4.45. The van der Waals surface area contributed by atoms with Crippen molar-refractivity contribution in [2.24, 2.45) is 11.3 Å². The maximum atomic E-state index is 11.8. The number of carboxylic acids is 1. The van der Waals surface area contributed by atoms with Crippen molar-refractivity contribution in [1.29, 1.82) is 0 Å². The topological polar surface area (TPSA) is 66.4 Å². The number of halogens is 3. The molecule has 0 saturated carbocycles. The van der Waals surface area contributed by atoms with Crippen LogP contribution >= 0.6 is 0 Å². The molecule has 0 heterocycles. The Morgan fingerprint density at radius 3 is 2.06 bits per heavy atom. The van der Waals surface area contributed by atoms with Gasteiger partial charge in [-0.05, 0) is 12.8 Å². The predicted octanol–water partition coefficient (Wildman–Crippen LogP) is 1.80. The Bertz CT molecular complexity index is 302. The zero-order valence-corrected chi connectivity index (χ0v) is 9.89. The molecule has 0 spiro atoms. The van der Waals surface area contributed by atoms with Crippen molar-refractivity contribution in [2.75, 3.05) is 6.54 Å². The van der Waals surface area contributed by atoms with Crippen LogP contribution in [0.3, 0.4) is 0 Å². The second kappa shape index (κ2) is 5.37. The van der Waals surface area contributed by atoms with Gasteiger partial charge in [-0.1, -0.05) is 13.8 Å². The second-order valence-corrected chi connectivity index (χ2v) is 4.45. The van der Waals surface area contributed by atoms with E-state index in [4.69, 9.17) is 5.11 Å². The maximum Gasteiger partial charge on any atom is 0.405 e. The molecule has 0 aromatic carbocycles. The summed E-state index contributed by atoms with van der Waals surface area (Å²) < 4.78 is 35.5. The fraction of sp³-hybridized carbons (Fsp3) is 0.800. The molecule has 100 valence electrons. The number of hydrogen-bond donors (Lipinski definition) is 2. The van der Waals surface area contributed by atoms with Crippen LogP contribution in [0.25, 0.3) is 0 Å². The number of carboxylic acid groups (broad SMARTS) is 1. The van der Waals surface area contributed by atoms with Crippen LogP contribution in [0.15, 0.2) is 0 Å².